The molecule has 6 N–H and O–H groups in total. The quantitative estimate of drug-likeness (QED) is 0.198. The third-order valence-corrected chi connectivity index (χ3v) is 3.31. The van der Waals surface area contributed by atoms with E-state index in [0.29, 0.717) is 0 Å². The fraction of sp³-hybridized carbons (Fsp3) is 0.400. The van der Waals surface area contributed by atoms with E-state index in [1.54, 1.807) is 12.1 Å². The Balaban J connectivity index is -0.0000000431. The van der Waals surface area contributed by atoms with Gasteiger partial charge in [-0.15, -0.1) is 9.24 Å². The Bertz CT molecular complexity index is 506. The van der Waals surface area contributed by atoms with E-state index in [1.807, 2.05) is 0 Å². The number of benzene rings is 1. The maximum Gasteiger partial charge on any atom is 1.00 e. The van der Waals surface area contributed by atoms with E-state index in [-0.39, 0.29) is 97.8 Å². The van der Waals surface area contributed by atoms with Crippen molar-refractivity contribution in [2.45, 2.75) is 10.4 Å². The molecule has 7 nitrogen and oxygen atoms in total. The van der Waals surface area contributed by atoms with Crippen molar-refractivity contribution in [3.8, 4) is 0 Å². The Kier molecular flexibility index (Phi) is 22.8. The average molecular weight is 383 g/mol. The Labute approximate surface area is 203 Å². The van der Waals surface area contributed by atoms with E-state index in [2.05, 4.69) is 9.24 Å². The SMILES string of the molecule is NC(CO)(CO)CO.O=S(=O)(O)c1cccc(P)c1.[H-].[H-].[H-].[Na+].[Na+].[Na+]. The minimum absolute atomic E-state index is 0. The molecular weight excluding hydrogens is 362 g/mol. The number of hydrogen-bond donors (Lipinski definition) is 5. The minimum Gasteiger partial charge on any atom is -1.00 e. The largest absolute Gasteiger partial charge is 1.00 e. The average Bonchev–Trinajstić information content (AvgIpc) is 2.38. The zero-order chi connectivity index (χ0) is 15.1. The Morgan fingerprint density at radius 1 is 1.09 bits per heavy atom. The predicted molar refractivity (Wildman–Crippen MR) is 77.1 cm³/mol. The summed E-state index contributed by atoms with van der Waals surface area (Å²) >= 11 is 0. The van der Waals surface area contributed by atoms with Gasteiger partial charge in [0.1, 0.15) is 0 Å². The first-order chi connectivity index (χ1) is 8.68. The molecule has 0 heterocycles. The van der Waals surface area contributed by atoms with Gasteiger partial charge in [0.15, 0.2) is 0 Å². The van der Waals surface area contributed by atoms with E-state index in [1.165, 1.54) is 12.1 Å². The fourth-order valence-corrected chi connectivity index (χ4v) is 1.77. The van der Waals surface area contributed by atoms with E-state index in [0.717, 1.165) is 5.30 Å². The van der Waals surface area contributed by atoms with Crippen LogP contribution in [-0.4, -0.2) is 53.6 Å². The molecule has 1 aromatic carbocycles. The molecule has 0 radical (unpaired) electrons. The first-order valence-corrected chi connectivity index (χ1v) is 7.15. The number of nitrogens with two attached hydrogens (primary N) is 1. The molecule has 0 saturated heterocycles. The molecule has 0 aliphatic heterocycles. The molecule has 0 spiro atoms. The van der Waals surface area contributed by atoms with Crippen LogP contribution in [0.4, 0.5) is 0 Å². The van der Waals surface area contributed by atoms with Crippen LogP contribution in [0.2, 0.25) is 0 Å². The van der Waals surface area contributed by atoms with Gasteiger partial charge in [0.25, 0.3) is 10.1 Å². The molecule has 0 bridgehead atoms. The molecular formula is C10H21NNa3O6PS. The normalized spacial score (nSPS) is 10.1. The second kappa shape index (κ2) is 15.6. The number of hydrogen-bond acceptors (Lipinski definition) is 6. The van der Waals surface area contributed by atoms with Crippen LogP contribution in [0.3, 0.4) is 0 Å². The third-order valence-electron chi connectivity index (χ3n) is 2.10. The van der Waals surface area contributed by atoms with Crippen LogP contribution in [0.25, 0.3) is 0 Å². The molecule has 0 aliphatic rings. The Morgan fingerprint density at radius 2 is 1.50 bits per heavy atom. The van der Waals surface area contributed by atoms with Crippen molar-refractivity contribution in [3.63, 3.8) is 0 Å². The smallest absolute Gasteiger partial charge is 1.00 e. The molecule has 1 unspecified atom stereocenters. The van der Waals surface area contributed by atoms with E-state index >= 15 is 0 Å². The standard InChI is InChI=1S/C6H7O3PS.C4H11NO3.3Na.3H/c7-11(8,9)6-3-1-2-5(10)4-6;5-4(1-6,2-7)3-8;;;;;;/h1-4H,10H2,(H,7,8,9);6-8H,1-3,5H2;;;;;;/q;;3*+1;3*-1. The fourth-order valence-electron chi connectivity index (χ4n) is 0.825. The first-order valence-electron chi connectivity index (χ1n) is 5.13. The predicted octanol–water partition coefficient (Wildman–Crippen LogP) is -10.6. The molecule has 1 rings (SSSR count). The molecule has 12 heteroatoms. The van der Waals surface area contributed by atoms with Crippen LogP contribution in [-0.2, 0) is 10.1 Å². The third kappa shape index (κ3) is 13.7. The summed E-state index contributed by atoms with van der Waals surface area (Å²) in [6.07, 6.45) is 0. The molecule has 1 atom stereocenters. The van der Waals surface area contributed by atoms with Crippen LogP contribution in [0.5, 0.6) is 0 Å². The maximum atomic E-state index is 10.5. The molecule has 1 aromatic rings. The molecule has 116 valence electrons. The zero-order valence-electron chi connectivity index (χ0n) is 16.1. The summed E-state index contributed by atoms with van der Waals surface area (Å²) in [7, 11) is -1.69. The number of rotatable bonds is 4. The van der Waals surface area contributed by atoms with Crippen molar-refractivity contribution < 1.29 is 121 Å². The zero-order valence-corrected chi connectivity index (χ0v) is 21.1. The molecule has 22 heavy (non-hydrogen) atoms. The van der Waals surface area contributed by atoms with Crippen LogP contribution in [0.15, 0.2) is 29.2 Å². The second-order valence-electron chi connectivity index (χ2n) is 3.88. The van der Waals surface area contributed by atoms with Crippen molar-refractivity contribution in [1.29, 1.82) is 0 Å². The topological polar surface area (TPSA) is 141 Å². The monoisotopic (exact) mass is 383 g/mol. The van der Waals surface area contributed by atoms with Crippen LogP contribution in [0, 0.1) is 0 Å². The van der Waals surface area contributed by atoms with E-state index in [9.17, 15) is 8.42 Å². The molecule has 0 saturated carbocycles. The van der Waals surface area contributed by atoms with Gasteiger partial charge >= 0.3 is 88.7 Å². The van der Waals surface area contributed by atoms with E-state index in [4.69, 9.17) is 25.6 Å². The van der Waals surface area contributed by atoms with Crippen LogP contribution >= 0.6 is 9.24 Å². The van der Waals surface area contributed by atoms with Gasteiger partial charge in [-0.1, -0.05) is 12.1 Å². The van der Waals surface area contributed by atoms with Gasteiger partial charge in [0.05, 0.1) is 30.3 Å². The Hall–Kier alpha value is 2.40. The summed E-state index contributed by atoms with van der Waals surface area (Å²) in [6, 6.07) is 5.99. The minimum atomic E-state index is -4.04. The van der Waals surface area contributed by atoms with Crippen LogP contribution < -0.4 is 99.7 Å². The van der Waals surface area contributed by atoms with Gasteiger partial charge in [-0.3, -0.25) is 4.55 Å². The number of aliphatic hydroxyl groups excluding tert-OH is 3. The van der Waals surface area contributed by atoms with E-state index < -0.39 is 35.5 Å². The summed E-state index contributed by atoms with van der Waals surface area (Å²) in [6.45, 7) is -1.21. The summed E-state index contributed by atoms with van der Waals surface area (Å²) in [5.74, 6) is 0. The molecule has 0 fully saturated rings. The second-order valence-corrected chi connectivity index (χ2v) is 5.97. The van der Waals surface area contributed by atoms with Crippen molar-refractivity contribution in [1.82, 2.24) is 0 Å². The molecule has 0 aromatic heterocycles. The van der Waals surface area contributed by atoms with Gasteiger partial charge in [0, 0.05) is 0 Å². The molecule has 0 amide bonds. The summed E-state index contributed by atoms with van der Waals surface area (Å²) < 4.78 is 29.6. The summed E-state index contributed by atoms with van der Waals surface area (Å²) in [4.78, 5) is -0.0787. The van der Waals surface area contributed by atoms with Crippen molar-refractivity contribution in [2.24, 2.45) is 5.73 Å². The van der Waals surface area contributed by atoms with Crippen molar-refractivity contribution >= 4 is 24.7 Å². The summed E-state index contributed by atoms with van der Waals surface area (Å²) in [5, 5.41) is 25.7. The van der Waals surface area contributed by atoms with Gasteiger partial charge in [-0.05, 0) is 17.4 Å². The summed E-state index contributed by atoms with van der Waals surface area (Å²) in [5.41, 5.74) is 3.94. The number of aliphatic hydroxyl groups is 3. The van der Waals surface area contributed by atoms with Crippen LogP contribution in [0.1, 0.15) is 4.28 Å². The first kappa shape index (κ1) is 32.1. The van der Waals surface area contributed by atoms with Crippen molar-refractivity contribution in [2.75, 3.05) is 19.8 Å². The van der Waals surface area contributed by atoms with Gasteiger partial charge in [0.2, 0.25) is 0 Å². The molecule has 0 aliphatic carbocycles. The van der Waals surface area contributed by atoms with Crippen molar-refractivity contribution in [3.05, 3.63) is 24.3 Å². The maximum absolute atomic E-state index is 10.5. The van der Waals surface area contributed by atoms with Gasteiger partial charge < -0.3 is 25.3 Å². The Morgan fingerprint density at radius 3 is 1.68 bits per heavy atom. The van der Waals surface area contributed by atoms with Gasteiger partial charge in [-0.25, -0.2) is 0 Å². The van der Waals surface area contributed by atoms with Gasteiger partial charge in [-0.2, -0.15) is 8.42 Å².